The van der Waals surface area contributed by atoms with E-state index in [9.17, 15) is 4.79 Å². The Bertz CT molecular complexity index is 1160. The van der Waals surface area contributed by atoms with Gasteiger partial charge in [-0.3, -0.25) is 9.89 Å². The number of anilines is 1. The molecule has 6 heteroatoms. The van der Waals surface area contributed by atoms with Crippen LogP contribution in [0.25, 0.3) is 10.8 Å². The second-order valence-electron chi connectivity index (χ2n) is 7.65. The monoisotopic (exact) mass is 398 g/mol. The van der Waals surface area contributed by atoms with Gasteiger partial charge >= 0.3 is 0 Å². The molecule has 2 heterocycles. The Labute approximate surface area is 174 Å². The first-order valence-electron chi connectivity index (χ1n) is 10.1. The van der Waals surface area contributed by atoms with E-state index in [4.69, 9.17) is 4.74 Å². The summed E-state index contributed by atoms with van der Waals surface area (Å²) >= 11 is 0. The van der Waals surface area contributed by atoms with E-state index in [1.165, 1.54) is 0 Å². The minimum Gasteiger partial charge on any atom is -0.474 e. The van der Waals surface area contributed by atoms with Gasteiger partial charge in [-0.05, 0) is 35.2 Å². The van der Waals surface area contributed by atoms with Crippen LogP contribution < -0.4 is 10.1 Å². The molecule has 2 N–H and O–H groups in total. The van der Waals surface area contributed by atoms with Gasteiger partial charge in [0.05, 0.1) is 6.42 Å². The van der Waals surface area contributed by atoms with Gasteiger partial charge < -0.3 is 10.1 Å². The summed E-state index contributed by atoms with van der Waals surface area (Å²) < 4.78 is 5.86. The Kier molecular flexibility index (Phi) is 4.89. The van der Waals surface area contributed by atoms with E-state index >= 15 is 0 Å². The molecule has 0 spiro atoms. The molecule has 6 nitrogen and oxygen atoms in total. The summed E-state index contributed by atoms with van der Waals surface area (Å²) in [6.07, 6.45) is 4.02. The number of carbonyl (C=O) groups is 1. The quantitative estimate of drug-likeness (QED) is 0.502. The topological polar surface area (TPSA) is 79.9 Å². The number of carbonyl (C=O) groups excluding carboxylic acids is 1. The maximum Gasteiger partial charge on any atom is 0.230 e. The number of hydrogen-bond donors (Lipinski definition) is 2. The van der Waals surface area contributed by atoms with Crippen LogP contribution >= 0.6 is 0 Å². The number of nitrogens with zero attached hydrogens (tertiary/aromatic N) is 2. The molecule has 0 radical (unpaired) electrons. The third-order valence-corrected chi connectivity index (χ3v) is 5.56. The predicted molar refractivity (Wildman–Crippen MR) is 115 cm³/mol. The summed E-state index contributed by atoms with van der Waals surface area (Å²) in [4.78, 5) is 16.8. The molecule has 30 heavy (non-hydrogen) atoms. The van der Waals surface area contributed by atoms with E-state index < -0.39 is 0 Å². The molecular weight excluding hydrogens is 376 g/mol. The number of hydrogen-bond acceptors (Lipinski definition) is 4. The average molecular weight is 398 g/mol. The van der Waals surface area contributed by atoms with Crippen LogP contribution in [0.5, 0.6) is 5.88 Å². The summed E-state index contributed by atoms with van der Waals surface area (Å²) in [6, 6.07) is 21.7. The van der Waals surface area contributed by atoms with Crippen LogP contribution in [0.3, 0.4) is 0 Å². The van der Waals surface area contributed by atoms with E-state index in [1.807, 2.05) is 54.6 Å². The van der Waals surface area contributed by atoms with Gasteiger partial charge in [0, 0.05) is 29.9 Å². The van der Waals surface area contributed by atoms with Crippen molar-refractivity contribution in [2.75, 3.05) is 5.32 Å². The predicted octanol–water partition coefficient (Wildman–Crippen LogP) is 4.46. The number of H-pyrrole nitrogens is 1. The minimum absolute atomic E-state index is 0.0747. The summed E-state index contributed by atoms with van der Waals surface area (Å²) in [6.45, 7) is 0. The Morgan fingerprint density at radius 2 is 1.90 bits per heavy atom. The SMILES string of the molecule is O=C(Cc1cccc2ccccc12)Nc1cc([C@H]2C[C@@H](Oc3ccccn3)C2)[nH]n1. The number of pyridine rings is 1. The molecular formula is C24H22N4O2. The van der Waals surface area contributed by atoms with Crippen molar-refractivity contribution in [3.63, 3.8) is 0 Å². The molecule has 0 aliphatic heterocycles. The lowest BCUT2D eigenvalue weighted by molar-refractivity contribution is -0.115. The third-order valence-electron chi connectivity index (χ3n) is 5.56. The smallest absolute Gasteiger partial charge is 0.230 e. The molecule has 1 aliphatic carbocycles. The van der Waals surface area contributed by atoms with Crippen LogP contribution in [0.4, 0.5) is 5.82 Å². The van der Waals surface area contributed by atoms with Gasteiger partial charge in [0.2, 0.25) is 11.8 Å². The van der Waals surface area contributed by atoms with Gasteiger partial charge in [0.25, 0.3) is 0 Å². The molecule has 1 aliphatic rings. The standard InChI is InChI=1S/C24H22N4O2/c29-23(14-17-8-5-7-16-6-1-2-9-20(16)17)26-22-15-21(27-28-22)18-12-19(13-18)30-24-10-3-4-11-25-24/h1-11,15,18-19H,12-14H2,(H2,26,27,28,29)/t18-,19+. The van der Waals surface area contributed by atoms with Crippen molar-refractivity contribution >= 4 is 22.5 Å². The number of ether oxygens (including phenoxy) is 1. The largest absolute Gasteiger partial charge is 0.474 e. The second-order valence-corrected chi connectivity index (χ2v) is 7.65. The molecule has 2 aromatic carbocycles. The van der Waals surface area contributed by atoms with Crippen LogP contribution in [0, 0.1) is 0 Å². The maximum absolute atomic E-state index is 12.6. The van der Waals surface area contributed by atoms with Gasteiger partial charge in [-0.2, -0.15) is 5.10 Å². The highest BCUT2D eigenvalue weighted by atomic mass is 16.5. The number of benzene rings is 2. The zero-order valence-electron chi connectivity index (χ0n) is 16.4. The molecule has 5 rings (SSSR count). The fourth-order valence-electron chi connectivity index (χ4n) is 3.92. The molecule has 0 unspecified atom stereocenters. The Balaban J connectivity index is 1.17. The van der Waals surface area contributed by atoms with E-state index in [1.54, 1.807) is 6.20 Å². The fraction of sp³-hybridized carbons (Fsp3) is 0.208. The van der Waals surface area contributed by atoms with Crippen molar-refractivity contribution in [3.8, 4) is 5.88 Å². The first-order valence-corrected chi connectivity index (χ1v) is 10.1. The number of aromatic amines is 1. The first-order chi connectivity index (χ1) is 14.7. The van der Waals surface area contributed by atoms with Crippen LogP contribution in [0.15, 0.2) is 72.9 Å². The molecule has 0 atom stereocenters. The molecule has 1 saturated carbocycles. The second kappa shape index (κ2) is 7.99. The average Bonchev–Trinajstić information content (AvgIpc) is 3.19. The molecule has 150 valence electrons. The first kappa shape index (κ1) is 18.4. The lowest BCUT2D eigenvalue weighted by Crippen LogP contribution is -2.32. The number of aromatic nitrogens is 3. The van der Waals surface area contributed by atoms with Crippen molar-refractivity contribution in [2.45, 2.75) is 31.3 Å². The third kappa shape index (κ3) is 3.89. The van der Waals surface area contributed by atoms with Crippen LogP contribution in [-0.4, -0.2) is 27.2 Å². The van der Waals surface area contributed by atoms with E-state index in [0.29, 0.717) is 24.0 Å². The van der Waals surface area contributed by atoms with Crippen LogP contribution in [0.2, 0.25) is 0 Å². The highest BCUT2D eigenvalue weighted by Gasteiger charge is 2.33. The normalized spacial score (nSPS) is 18.0. The van der Waals surface area contributed by atoms with Crippen molar-refractivity contribution in [2.24, 2.45) is 0 Å². The zero-order valence-corrected chi connectivity index (χ0v) is 16.4. The van der Waals surface area contributed by atoms with E-state index in [-0.39, 0.29) is 12.0 Å². The summed E-state index contributed by atoms with van der Waals surface area (Å²) in [5.41, 5.74) is 2.03. The Morgan fingerprint density at radius 3 is 2.77 bits per heavy atom. The van der Waals surface area contributed by atoms with Crippen molar-refractivity contribution in [1.29, 1.82) is 0 Å². The highest BCUT2D eigenvalue weighted by molar-refractivity contribution is 5.95. The number of fused-ring (bicyclic) bond motifs is 1. The Morgan fingerprint density at radius 1 is 1.07 bits per heavy atom. The van der Waals surface area contributed by atoms with Crippen molar-refractivity contribution < 1.29 is 9.53 Å². The lowest BCUT2D eigenvalue weighted by atomic mass is 9.80. The highest BCUT2D eigenvalue weighted by Crippen LogP contribution is 2.38. The summed E-state index contributed by atoms with van der Waals surface area (Å²) in [5, 5.41) is 12.5. The molecule has 2 aromatic heterocycles. The van der Waals surface area contributed by atoms with Crippen LogP contribution in [0.1, 0.15) is 30.0 Å². The molecule has 0 saturated heterocycles. The van der Waals surface area contributed by atoms with Gasteiger partial charge in [0.1, 0.15) is 6.10 Å². The zero-order chi connectivity index (χ0) is 20.3. The summed E-state index contributed by atoms with van der Waals surface area (Å²) in [5.74, 6) is 1.50. The lowest BCUT2D eigenvalue weighted by Gasteiger charge is -2.34. The molecule has 1 fully saturated rings. The summed E-state index contributed by atoms with van der Waals surface area (Å²) in [7, 11) is 0. The number of nitrogens with one attached hydrogen (secondary N) is 2. The molecule has 4 aromatic rings. The van der Waals surface area contributed by atoms with Crippen molar-refractivity contribution in [1.82, 2.24) is 15.2 Å². The van der Waals surface area contributed by atoms with Crippen LogP contribution in [-0.2, 0) is 11.2 Å². The Hall–Kier alpha value is -3.67. The minimum atomic E-state index is -0.0747. The number of amides is 1. The van der Waals surface area contributed by atoms with Gasteiger partial charge in [-0.15, -0.1) is 0 Å². The maximum atomic E-state index is 12.6. The van der Waals surface area contributed by atoms with E-state index in [2.05, 4.69) is 32.6 Å². The van der Waals surface area contributed by atoms with Gasteiger partial charge in [-0.25, -0.2) is 4.98 Å². The fourth-order valence-corrected chi connectivity index (χ4v) is 3.92. The van der Waals surface area contributed by atoms with Crippen molar-refractivity contribution in [3.05, 3.63) is 84.2 Å². The van der Waals surface area contributed by atoms with Gasteiger partial charge in [-0.1, -0.05) is 48.5 Å². The molecule has 0 bridgehead atoms. The number of rotatable bonds is 6. The van der Waals surface area contributed by atoms with E-state index in [0.717, 1.165) is 34.9 Å². The molecule has 1 amide bonds. The van der Waals surface area contributed by atoms with Gasteiger partial charge in [0.15, 0.2) is 5.82 Å².